The van der Waals surface area contributed by atoms with Crippen LogP contribution in [0.5, 0.6) is 0 Å². The van der Waals surface area contributed by atoms with Crippen molar-refractivity contribution in [1.82, 2.24) is 8.87 Å². The zero-order valence-electron chi connectivity index (χ0n) is 14.5. The topological polar surface area (TPSA) is 59.9 Å². The lowest BCUT2D eigenvalue weighted by Crippen LogP contribution is -3.14. The average Bonchev–Trinajstić information content (AvgIpc) is 2.98. The van der Waals surface area contributed by atoms with Gasteiger partial charge in [-0.3, -0.25) is 4.57 Å². The number of halogens is 1. The predicted octanol–water partition coefficient (Wildman–Crippen LogP) is 1.65. The monoisotopic (exact) mass is 408 g/mol. The fourth-order valence-corrected chi connectivity index (χ4v) is 5.04. The van der Waals surface area contributed by atoms with Gasteiger partial charge < -0.3 is 9.32 Å². The number of hydrogen-bond donors (Lipinski definition) is 1. The third-order valence-corrected chi connectivity index (χ3v) is 7.05. The van der Waals surface area contributed by atoms with E-state index < -0.39 is 15.8 Å². The van der Waals surface area contributed by atoms with Gasteiger partial charge in [-0.1, -0.05) is 12.1 Å². The molecule has 4 rings (SSSR count). The van der Waals surface area contributed by atoms with Gasteiger partial charge in [0.1, 0.15) is 5.82 Å². The van der Waals surface area contributed by atoms with Gasteiger partial charge in [-0.05, 0) is 48.6 Å². The van der Waals surface area contributed by atoms with E-state index in [9.17, 15) is 12.8 Å². The molecule has 1 N–H and O–H groups in total. The van der Waals surface area contributed by atoms with Crippen molar-refractivity contribution in [3.05, 3.63) is 59.2 Å². The van der Waals surface area contributed by atoms with Gasteiger partial charge in [0.15, 0.2) is 12.3 Å². The number of quaternary nitrogens is 1. The Kier molecular flexibility index (Phi) is 4.85. The predicted molar refractivity (Wildman–Crippen MR) is 101 cm³/mol. The second-order valence-corrected chi connectivity index (χ2v) is 8.82. The summed E-state index contributed by atoms with van der Waals surface area (Å²) in [5.41, 5.74) is 1.69. The fourth-order valence-electron chi connectivity index (χ4n) is 3.34. The molecule has 0 unspecified atom stereocenters. The van der Waals surface area contributed by atoms with E-state index in [1.807, 2.05) is 28.8 Å². The third kappa shape index (κ3) is 3.55. The smallest absolute Gasteiger partial charge is 0.274 e. The molecule has 9 heteroatoms. The molecule has 0 atom stereocenters. The number of nitrogens with one attached hydrogen (secondary N) is 1. The maximum Gasteiger partial charge on any atom is 0.274 e. The maximum atomic E-state index is 13.1. The number of hydrogen-bond acceptors (Lipinski definition) is 4. The van der Waals surface area contributed by atoms with E-state index in [-0.39, 0.29) is 4.90 Å². The van der Waals surface area contributed by atoms with E-state index in [0.717, 1.165) is 11.1 Å². The maximum absolute atomic E-state index is 13.1. The zero-order chi connectivity index (χ0) is 19.0. The third-order valence-electron chi connectivity index (χ3n) is 4.84. The molecule has 1 aliphatic rings. The van der Waals surface area contributed by atoms with Gasteiger partial charge in [0, 0.05) is 0 Å². The zero-order valence-corrected chi connectivity index (χ0v) is 16.1. The molecule has 0 amide bonds. The highest BCUT2D eigenvalue weighted by molar-refractivity contribution is 7.89. The van der Waals surface area contributed by atoms with E-state index in [1.165, 1.54) is 33.5 Å². The Morgan fingerprint density at radius 3 is 2.44 bits per heavy atom. The van der Waals surface area contributed by atoms with Crippen molar-refractivity contribution in [2.24, 2.45) is 0 Å². The minimum absolute atomic E-state index is 0.121. The summed E-state index contributed by atoms with van der Waals surface area (Å²) < 4.78 is 47.5. The molecular formula is C18H19FN3O3S2+. The Balaban J connectivity index is 1.46. The molecule has 0 spiro atoms. The first-order valence-electron chi connectivity index (χ1n) is 8.63. The number of benzene rings is 2. The first-order chi connectivity index (χ1) is 12.9. The van der Waals surface area contributed by atoms with Gasteiger partial charge in [-0.25, -0.2) is 12.8 Å². The van der Waals surface area contributed by atoms with E-state index in [0.29, 0.717) is 37.7 Å². The number of nitrogens with zero attached hydrogens (tertiary/aromatic N) is 2. The Morgan fingerprint density at radius 2 is 1.74 bits per heavy atom. The average molecular weight is 409 g/mol. The number of sulfonamides is 1. The number of rotatable bonds is 4. The van der Waals surface area contributed by atoms with Crippen LogP contribution in [0, 0.1) is 10.7 Å². The molecule has 0 bridgehead atoms. The van der Waals surface area contributed by atoms with Gasteiger partial charge >= 0.3 is 0 Å². The van der Waals surface area contributed by atoms with E-state index >= 15 is 0 Å². The van der Waals surface area contributed by atoms with Crippen LogP contribution >= 0.6 is 12.2 Å². The second kappa shape index (κ2) is 7.16. The quantitative estimate of drug-likeness (QED) is 0.667. The number of aromatic nitrogens is 1. The van der Waals surface area contributed by atoms with Gasteiger partial charge in [0.25, 0.3) is 4.84 Å². The molecule has 0 saturated carbocycles. The van der Waals surface area contributed by atoms with Crippen molar-refractivity contribution in [3.8, 4) is 0 Å². The lowest BCUT2D eigenvalue weighted by Gasteiger charge is -2.31. The van der Waals surface area contributed by atoms with Crippen LogP contribution in [-0.4, -0.2) is 43.5 Å². The van der Waals surface area contributed by atoms with Gasteiger partial charge in [-0.2, -0.15) is 4.31 Å². The van der Waals surface area contributed by atoms with E-state index in [2.05, 4.69) is 0 Å². The minimum Gasteiger partial charge on any atom is -0.429 e. The summed E-state index contributed by atoms with van der Waals surface area (Å²) in [6, 6.07) is 12.6. The van der Waals surface area contributed by atoms with Crippen molar-refractivity contribution in [3.63, 3.8) is 0 Å². The van der Waals surface area contributed by atoms with E-state index in [1.54, 1.807) is 0 Å². The molecule has 2 aromatic carbocycles. The lowest BCUT2D eigenvalue weighted by molar-refractivity contribution is -0.926. The highest BCUT2D eigenvalue weighted by Gasteiger charge is 2.30. The molecular weight excluding hydrogens is 389 g/mol. The molecule has 2 heterocycles. The molecule has 0 aliphatic carbocycles. The standard InChI is InChI=1S/C18H18FN3O3S2/c19-14-5-7-15(8-6-14)27(23,24)21-11-9-20(10-12-21)13-22-16-3-1-2-4-17(16)25-18(22)26/h1-8H,9-13H2/p+1. The summed E-state index contributed by atoms with van der Waals surface area (Å²) in [6.07, 6.45) is 0. The Hall–Kier alpha value is -2.07. The molecule has 1 aliphatic heterocycles. The number of fused-ring (bicyclic) bond motifs is 1. The molecule has 3 aromatic rings. The van der Waals surface area contributed by atoms with Gasteiger partial charge in [0.2, 0.25) is 10.0 Å². The number of piperazine rings is 1. The Bertz CT molecular complexity index is 1110. The second-order valence-electron chi connectivity index (χ2n) is 6.53. The van der Waals surface area contributed by atoms with Crippen LogP contribution in [0.15, 0.2) is 57.8 Å². The van der Waals surface area contributed by atoms with Gasteiger partial charge in [0.05, 0.1) is 36.6 Å². The minimum atomic E-state index is -3.60. The number of oxazole rings is 1. The molecule has 1 fully saturated rings. The van der Waals surface area contributed by atoms with Crippen LogP contribution in [0.1, 0.15) is 0 Å². The summed E-state index contributed by atoms with van der Waals surface area (Å²) in [4.78, 5) is 1.77. The van der Waals surface area contributed by atoms with Gasteiger partial charge in [-0.15, -0.1) is 0 Å². The summed E-state index contributed by atoms with van der Waals surface area (Å²) in [7, 11) is -3.60. The summed E-state index contributed by atoms with van der Waals surface area (Å²) in [5.74, 6) is -0.452. The highest BCUT2D eigenvalue weighted by Crippen LogP contribution is 2.17. The van der Waals surface area contributed by atoms with Crippen LogP contribution < -0.4 is 4.90 Å². The first kappa shape index (κ1) is 18.3. The molecule has 0 radical (unpaired) electrons. The molecule has 27 heavy (non-hydrogen) atoms. The normalized spacial score (nSPS) is 16.8. The highest BCUT2D eigenvalue weighted by atomic mass is 32.2. The summed E-state index contributed by atoms with van der Waals surface area (Å²) >= 11 is 5.32. The largest absolute Gasteiger partial charge is 0.429 e. The van der Waals surface area contributed by atoms with Crippen LogP contribution in [0.25, 0.3) is 11.1 Å². The fraction of sp³-hybridized carbons (Fsp3) is 0.278. The van der Waals surface area contributed by atoms with Crippen LogP contribution in [0.4, 0.5) is 4.39 Å². The number of para-hydroxylation sites is 2. The first-order valence-corrected chi connectivity index (χ1v) is 10.5. The van der Waals surface area contributed by atoms with Crippen LogP contribution in [0.3, 0.4) is 0 Å². The lowest BCUT2D eigenvalue weighted by atomic mass is 10.3. The molecule has 1 aromatic heterocycles. The van der Waals surface area contributed by atoms with Crippen molar-refractivity contribution < 1.29 is 22.1 Å². The van der Waals surface area contributed by atoms with Crippen molar-refractivity contribution in [2.75, 3.05) is 26.2 Å². The van der Waals surface area contributed by atoms with E-state index in [4.69, 9.17) is 16.6 Å². The summed E-state index contributed by atoms with van der Waals surface area (Å²) in [5, 5.41) is 0. The molecule has 1 saturated heterocycles. The Labute approximate surface area is 161 Å². The van der Waals surface area contributed by atoms with Crippen molar-refractivity contribution in [1.29, 1.82) is 0 Å². The van der Waals surface area contributed by atoms with Crippen molar-refractivity contribution in [2.45, 2.75) is 11.6 Å². The SMILES string of the molecule is O=S(=O)(c1ccc(F)cc1)N1CC[NH+](Cn2c(=S)oc3ccccc32)CC1. The Morgan fingerprint density at radius 1 is 1.07 bits per heavy atom. The summed E-state index contributed by atoms with van der Waals surface area (Å²) in [6.45, 7) is 2.74. The molecule has 6 nitrogen and oxygen atoms in total. The van der Waals surface area contributed by atoms with Crippen LogP contribution in [-0.2, 0) is 16.7 Å². The molecule has 142 valence electrons. The van der Waals surface area contributed by atoms with Crippen molar-refractivity contribution >= 4 is 33.3 Å². The van der Waals surface area contributed by atoms with Crippen LogP contribution in [0.2, 0.25) is 0 Å².